The van der Waals surface area contributed by atoms with Crippen molar-refractivity contribution >= 4 is 39.3 Å². The molecule has 0 spiro atoms. The number of nitrogens with zero attached hydrogens (tertiary/aromatic N) is 3. The van der Waals surface area contributed by atoms with Crippen molar-refractivity contribution in [1.82, 2.24) is 14.8 Å². The molecule has 0 saturated heterocycles. The van der Waals surface area contributed by atoms with Gasteiger partial charge < -0.3 is 9.88 Å². The van der Waals surface area contributed by atoms with E-state index in [1.54, 1.807) is 0 Å². The zero-order valence-electron chi connectivity index (χ0n) is 15.4. The van der Waals surface area contributed by atoms with Gasteiger partial charge in [0.15, 0.2) is 5.16 Å². The van der Waals surface area contributed by atoms with E-state index in [9.17, 15) is 4.79 Å². The van der Waals surface area contributed by atoms with E-state index in [2.05, 4.69) is 43.6 Å². The predicted octanol–water partition coefficient (Wildman–Crippen LogP) is 4.83. The van der Waals surface area contributed by atoms with E-state index in [0.717, 1.165) is 26.7 Å². The molecular weight excluding hydrogens is 424 g/mol. The molecule has 1 heterocycles. The lowest BCUT2D eigenvalue weighted by molar-refractivity contribution is -0.115. The highest BCUT2D eigenvalue weighted by molar-refractivity contribution is 9.10. The van der Waals surface area contributed by atoms with Crippen molar-refractivity contribution < 1.29 is 4.79 Å². The highest BCUT2D eigenvalue weighted by Gasteiger charge is 2.20. The van der Waals surface area contributed by atoms with Crippen LogP contribution in [0.4, 0.5) is 5.69 Å². The molecule has 1 aromatic heterocycles. The molecule has 2 aromatic carbocycles. The molecule has 1 unspecified atom stereocenters. The SMILES string of the molecule is Cc1ccc(NC(=O)C(C)Sc2nnc(C)n2Cc2ccccc2)c(Br)c1. The summed E-state index contributed by atoms with van der Waals surface area (Å²) in [6.07, 6.45) is 0. The Bertz CT molecular complexity index is 942. The summed E-state index contributed by atoms with van der Waals surface area (Å²) in [5.74, 6) is 0.756. The van der Waals surface area contributed by atoms with Crippen LogP contribution in [-0.4, -0.2) is 25.9 Å². The van der Waals surface area contributed by atoms with Gasteiger partial charge in [-0.05, 0) is 60.0 Å². The lowest BCUT2D eigenvalue weighted by Crippen LogP contribution is -2.23. The maximum atomic E-state index is 12.6. The number of aryl methyl sites for hydroxylation is 2. The van der Waals surface area contributed by atoms with Crippen molar-refractivity contribution in [3.63, 3.8) is 0 Å². The van der Waals surface area contributed by atoms with Gasteiger partial charge in [0.25, 0.3) is 0 Å². The van der Waals surface area contributed by atoms with E-state index in [1.807, 2.05) is 61.7 Å². The predicted molar refractivity (Wildman–Crippen MR) is 113 cm³/mol. The van der Waals surface area contributed by atoms with Gasteiger partial charge in [0.2, 0.25) is 5.91 Å². The first-order valence-electron chi connectivity index (χ1n) is 8.61. The normalized spacial score (nSPS) is 12.0. The number of benzene rings is 2. The standard InChI is InChI=1S/C20H21BrN4OS/c1-13-9-10-18(17(21)11-13)22-19(26)14(2)27-20-24-23-15(3)25(20)12-16-7-5-4-6-8-16/h4-11,14H,12H2,1-3H3,(H,22,26). The molecule has 1 N–H and O–H groups in total. The maximum Gasteiger partial charge on any atom is 0.237 e. The van der Waals surface area contributed by atoms with Gasteiger partial charge in [-0.1, -0.05) is 48.2 Å². The Hall–Kier alpha value is -2.12. The lowest BCUT2D eigenvalue weighted by atomic mass is 10.2. The molecule has 5 nitrogen and oxygen atoms in total. The Morgan fingerprint density at radius 2 is 1.93 bits per heavy atom. The van der Waals surface area contributed by atoms with E-state index in [0.29, 0.717) is 6.54 Å². The number of hydrogen-bond acceptors (Lipinski definition) is 4. The van der Waals surface area contributed by atoms with Crippen LogP contribution < -0.4 is 5.32 Å². The third-order valence-electron chi connectivity index (χ3n) is 4.12. The number of thioether (sulfide) groups is 1. The van der Waals surface area contributed by atoms with E-state index < -0.39 is 0 Å². The van der Waals surface area contributed by atoms with E-state index in [4.69, 9.17) is 0 Å². The van der Waals surface area contributed by atoms with Gasteiger partial charge in [0, 0.05) is 4.47 Å². The summed E-state index contributed by atoms with van der Waals surface area (Å²) in [5, 5.41) is 11.8. The fourth-order valence-electron chi connectivity index (χ4n) is 2.56. The van der Waals surface area contributed by atoms with Crippen molar-refractivity contribution in [3.8, 4) is 0 Å². The van der Waals surface area contributed by atoms with Crippen LogP contribution in [0.1, 0.15) is 23.9 Å². The van der Waals surface area contributed by atoms with Crippen molar-refractivity contribution in [2.24, 2.45) is 0 Å². The molecule has 1 amide bonds. The quantitative estimate of drug-likeness (QED) is 0.553. The summed E-state index contributed by atoms with van der Waals surface area (Å²) in [6.45, 7) is 6.49. The highest BCUT2D eigenvalue weighted by atomic mass is 79.9. The molecule has 1 atom stereocenters. The number of aromatic nitrogens is 3. The average Bonchev–Trinajstić information content (AvgIpc) is 2.98. The molecule has 0 bridgehead atoms. The Labute approximate surface area is 171 Å². The second-order valence-corrected chi connectivity index (χ2v) is 8.50. The Morgan fingerprint density at radius 1 is 1.19 bits per heavy atom. The molecule has 0 fully saturated rings. The molecule has 0 aliphatic rings. The van der Waals surface area contributed by atoms with Crippen LogP contribution in [-0.2, 0) is 11.3 Å². The van der Waals surface area contributed by atoms with Crippen LogP contribution in [0.15, 0.2) is 58.2 Å². The first kappa shape index (κ1) is 19.6. The Kier molecular flexibility index (Phi) is 6.34. The lowest BCUT2D eigenvalue weighted by Gasteiger charge is -2.14. The molecule has 0 radical (unpaired) electrons. The number of halogens is 1. The number of amides is 1. The summed E-state index contributed by atoms with van der Waals surface area (Å²) in [6, 6.07) is 16.0. The zero-order chi connectivity index (χ0) is 19.4. The fourth-order valence-corrected chi connectivity index (χ4v) is 4.05. The van der Waals surface area contributed by atoms with Gasteiger partial charge in [-0.25, -0.2) is 0 Å². The van der Waals surface area contributed by atoms with Crippen LogP contribution in [0, 0.1) is 13.8 Å². The first-order valence-corrected chi connectivity index (χ1v) is 10.3. The van der Waals surface area contributed by atoms with E-state index >= 15 is 0 Å². The number of carbonyl (C=O) groups is 1. The average molecular weight is 445 g/mol. The molecule has 3 rings (SSSR count). The van der Waals surface area contributed by atoms with Gasteiger partial charge in [-0.2, -0.15) is 0 Å². The van der Waals surface area contributed by atoms with Crippen LogP contribution in [0.5, 0.6) is 0 Å². The van der Waals surface area contributed by atoms with Crippen molar-refractivity contribution in [2.75, 3.05) is 5.32 Å². The number of nitrogens with one attached hydrogen (secondary N) is 1. The van der Waals surface area contributed by atoms with Crippen LogP contribution in [0.2, 0.25) is 0 Å². The molecule has 0 saturated carbocycles. The van der Waals surface area contributed by atoms with Crippen LogP contribution >= 0.6 is 27.7 Å². The fraction of sp³-hybridized carbons (Fsp3) is 0.250. The van der Waals surface area contributed by atoms with Crippen LogP contribution in [0.3, 0.4) is 0 Å². The third-order valence-corrected chi connectivity index (χ3v) is 5.86. The first-order chi connectivity index (χ1) is 12.9. The molecule has 0 aliphatic heterocycles. The van der Waals surface area contributed by atoms with Gasteiger partial charge in [-0.3, -0.25) is 4.79 Å². The van der Waals surface area contributed by atoms with Gasteiger partial charge in [0.05, 0.1) is 17.5 Å². The van der Waals surface area contributed by atoms with Crippen LogP contribution in [0.25, 0.3) is 0 Å². The summed E-state index contributed by atoms with van der Waals surface area (Å²) in [4.78, 5) is 12.6. The highest BCUT2D eigenvalue weighted by Crippen LogP contribution is 2.27. The Morgan fingerprint density at radius 3 is 2.63 bits per heavy atom. The number of carbonyl (C=O) groups excluding carboxylic acids is 1. The maximum absolute atomic E-state index is 12.6. The third kappa shape index (κ3) is 4.99. The van der Waals surface area contributed by atoms with Crippen molar-refractivity contribution in [2.45, 2.75) is 37.7 Å². The summed E-state index contributed by atoms with van der Waals surface area (Å²) in [5.41, 5.74) is 3.06. The molecule has 3 aromatic rings. The van der Waals surface area contributed by atoms with Crippen molar-refractivity contribution in [3.05, 3.63) is 70.0 Å². The molecule has 27 heavy (non-hydrogen) atoms. The number of hydrogen-bond donors (Lipinski definition) is 1. The van der Waals surface area contributed by atoms with Crippen molar-refractivity contribution in [1.29, 1.82) is 0 Å². The van der Waals surface area contributed by atoms with Gasteiger partial charge in [0.1, 0.15) is 5.82 Å². The van der Waals surface area contributed by atoms with Gasteiger partial charge >= 0.3 is 0 Å². The second kappa shape index (κ2) is 8.71. The Balaban J connectivity index is 1.70. The summed E-state index contributed by atoms with van der Waals surface area (Å²) >= 11 is 4.90. The number of anilines is 1. The number of rotatable bonds is 6. The summed E-state index contributed by atoms with van der Waals surface area (Å²) in [7, 11) is 0. The zero-order valence-corrected chi connectivity index (χ0v) is 17.8. The molecule has 140 valence electrons. The topological polar surface area (TPSA) is 59.8 Å². The smallest absolute Gasteiger partial charge is 0.237 e. The second-order valence-electron chi connectivity index (χ2n) is 6.33. The van der Waals surface area contributed by atoms with Gasteiger partial charge in [-0.15, -0.1) is 10.2 Å². The van der Waals surface area contributed by atoms with E-state index in [1.165, 1.54) is 17.3 Å². The monoisotopic (exact) mass is 444 g/mol. The molecule has 0 aliphatic carbocycles. The minimum absolute atomic E-state index is 0.0727. The minimum Gasteiger partial charge on any atom is -0.324 e. The molecule has 7 heteroatoms. The minimum atomic E-state index is -0.309. The largest absolute Gasteiger partial charge is 0.324 e. The summed E-state index contributed by atoms with van der Waals surface area (Å²) < 4.78 is 2.90. The van der Waals surface area contributed by atoms with E-state index in [-0.39, 0.29) is 11.2 Å². The molecular formula is C20H21BrN4OS.